The predicted octanol–water partition coefficient (Wildman–Crippen LogP) is 5.40. The number of aliphatic hydroxyl groups is 1. The highest BCUT2D eigenvalue weighted by molar-refractivity contribution is 5.72. The fraction of sp³-hybridized carbons (Fsp3) is 0.710. The number of aliphatic hydroxyl groups excluding tert-OH is 1. The molecule has 1 saturated carbocycles. The van der Waals surface area contributed by atoms with E-state index in [-0.39, 0.29) is 30.1 Å². The van der Waals surface area contributed by atoms with Gasteiger partial charge in [-0.1, -0.05) is 59.4 Å². The summed E-state index contributed by atoms with van der Waals surface area (Å²) >= 11 is 0. The van der Waals surface area contributed by atoms with E-state index in [1.54, 1.807) is 12.2 Å². The molecule has 9 atom stereocenters. The van der Waals surface area contributed by atoms with Gasteiger partial charge in [0.1, 0.15) is 6.10 Å². The number of hydrogen-bond acceptors (Lipinski definition) is 8. The van der Waals surface area contributed by atoms with Crippen LogP contribution in [-0.4, -0.2) is 47.8 Å². The third-order valence-electron chi connectivity index (χ3n) is 9.37. The van der Waals surface area contributed by atoms with Crippen molar-refractivity contribution >= 4 is 17.9 Å². The quantitative estimate of drug-likeness (QED) is 0.159. The van der Waals surface area contributed by atoms with Gasteiger partial charge in [0.2, 0.25) is 12.6 Å². The fourth-order valence-corrected chi connectivity index (χ4v) is 6.68. The van der Waals surface area contributed by atoms with Crippen molar-refractivity contribution in [3.05, 3.63) is 36.5 Å². The van der Waals surface area contributed by atoms with Gasteiger partial charge in [-0.05, 0) is 61.9 Å². The van der Waals surface area contributed by atoms with Gasteiger partial charge in [0.05, 0.1) is 17.4 Å². The van der Waals surface area contributed by atoms with E-state index >= 15 is 0 Å². The topological polar surface area (TPSA) is 108 Å². The lowest BCUT2D eigenvalue weighted by Crippen LogP contribution is -2.63. The van der Waals surface area contributed by atoms with Crippen LogP contribution >= 0.6 is 0 Å². The molecule has 0 bridgehead atoms. The van der Waals surface area contributed by atoms with E-state index in [0.717, 1.165) is 12.0 Å². The van der Waals surface area contributed by atoms with Gasteiger partial charge in [0.25, 0.3) is 0 Å². The van der Waals surface area contributed by atoms with Crippen molar-refractivity contribution in [1.29, 1.82) is 0 Å². The van der Waals surface area contributed by atoms with Gasteiger partial charge in [0.15, 0.2) is 0 Å². The molecule has 0 aromatic carbocycles. The zero-order chi connectivity index (χ0) is 29.1. The van der Waals surface area contributed by atoms with Gasteiger partial charge < -0.3 is 19.3 Å². The van der Waals surface area contributed by atoms with Gasteiger partial charge in [-0.25, -0.2) is 0 Å². The second-order valence-electron chi connectivity index (χ2n) is 11.8. The molecule has 3 aliphatic rings. The molecule has 39 heavy (non-hydrogen) atoms. The third-order valence-corrected chi connectivity index (χ3v) is 9.37. The molecule has 1 heterocycles. The molecule has 8 nitrogen and oxygen atoms in total. The Morgan fingerprint density at radius 3 is 2.49 bits per heavy atom. The van der Waals surface area contributed by atoms with Crippen molar-refractivity contribution in [2.24, 2.45) is 28.6 Å². The van der Waals surface area contributed by atoms with Gasteiger partial charge in [-0.3, -0.25) is 19.1 Å². The summed E-state index contributed by atoms with van der Waals surface area (Å²) < 4.78 is 23.7. The van der Waals surface area contributed by atoms with Crippen molar-refractivity contribution in [3.8, 4) is 0 Å². The van der Waals surface area contributed by atoms with Gasteiger partial charge >= 0.3 is 17.9 Å². The minimum absolute atomic E-state index is 0.0747. The van der Waals surface area contributed by atoms with E-state index in [1.165, 1.54) is 6.92 Å². The van der Waals surface area contributed by atoms with Crippen LogP contribution in [0.25, 0.3) is 0 Å². The largest absolute Gasteiger partial charge is 0.458 e. The summed E-state index contributed by atoms with van der Waals surface area (Å²) in [4.78, 5) is 37.8. The molecule has 2 aliphatic carbocycles. The second kappa shape index (κ2) is 12.4. The lowest BCUT2D eigenvalue weighted by Gasteiger charge is -2.60. The number of carbonyl (C=O) groups excluding carboxylic acids is 3. The molecule has 1 saturated heterocycles. The fourth-order valence-electron chi connectivity index (χ4n) is 6.68. The minimum atomic E-state index is -1.17. The molecule has 0 unspecified atom stereocenters. The summed E-state index contributed by atoms with van der Waals surface area (Å²) in [5.74, 6) is -1.86. The first-order valence-electron chi connectivity index (χ1n) is 14.3. The normalized spacial score (nSPS) is 36.0. The van der Waals surface area contributed by atoms with Crippen molar-refractivity contribution < 1.29 is 38.4 Å². The summed E-state index contributed by atoms with van der Waals surface area (Å²) in [6.45, 7) is 19.1. The summed E-state index contributed by atoms with van der Waals surface area (Å²) in [6, 6.07) is 0. The number of esters is 3. The van der Waals surface area contributed by atoms with Crippen LogP contribution in [0.15, 0.2) is 36.5 Å². The molecule has 8 heteroatoms. The maximum absolute atomic E-state index is 12.9. The number of allylic oxidation sites excluding steroid dienone is 2. The highest BCUT2D eigenvalue weighted by Gasteiger charge is 2.71. The van der Waals surface area contributed by atoms with Gasteiger partial charge in [0, 0.05) is 18.9 Å². The van der Waals surface area contributed by atoms with Crippen molar-refractivity contribution in [1.82, 2.24) is 0 Å². The first kappa shape index (κ1) is 31.1. The van der Waals surface area contributed by atoms with Crippen molar-refractivity contribution in [2.45, 2.75) is 111 Å². The standard InChI is InChI=1S/C31H46O8/c1-9-12-26(34)38-28-23-16-22(37-27(35)19(5)11-3)17-24-30(8,14-13-18(4)10-2)20(6)15-25(33)31(23,24)29(39-28)36-21(7)32/h10,16,19-20,22,24-25,28-29,33H,2,4,9,11-15,17H2,1,3,5-8H3/t19-,20-,22+,24+,25+,28+,29-,30-,31-/m1/s1. The van der Waals surface area contributed by atoms with Crippen LogP contribution in [0.3, 0.4) is 0 Å². The van der Waals surface area contributed by atoms with Crippen LogP contribution in [-0.2, 0) is 33.3 Å². The molecule has 1 aliphatic heterocycles. The average molecular weight is 547 g/mol. The smallest absolute Gasteiger partial charge is 0.309 e. The van der Waals surface area contributed by atoms with E-state index in [2.05, 4.69) is 27.0 Å². The first-order chi connectivity index (χ1) is 18.3. The van der Waals surface area contributed by atoms with Crippen LogP contribution in [0.5, 0.6) is 0 Å². The Hall–Kier alpha value is -2.45. The predicted molar refractivity (Wildman–Crippen MR) is 146 cm³/mol. The Bertz CT molecular complexity index is 1000. The molecule has 0 amide bonds. The number of ether oxygens (including phenoxy) is 4. The number of rotatable bonds is 11. The molecular formula is C31H46O8. The maximum Gasteiger partial charge on any atom is 0.309 e. The van der Waals surface area contributed by atoms with E-state index in [0.29, 0.717) is 37.7 Å². The number of hydrogen-bond donors (Lipinski definition) is 1. The van der Waals surface area contributed by atoms with E-state index in [4.69, 9.17) is 18.9 Å². The molecule has 0 radical (unpaired) electrons. The Balaban J connectivity index is 2.18. The second-order valence-corrected chi connectivity index (χ2v) is 11.8. The van der Waals surface area contributed by atoms with E-state index in [1.807, 2.05) is 20.8 Å². The van der Waals surface area contributed by atoms with Gasteiger partial charge in [-0.2, -0.15) is 0 Å². The molecule has 3 rings (SSSR count). The molecule has 0 aromatic heterocycles. The van der Waals surface area contributed by atoms with E-state index in [9.17, 15) is 19.5 Å². The highest BCUT2D eigenvalue weighted by atomic mass is 16.8. The highest BCUT2D eigenvalue weighted by Crippen LogP contribution is 2.67. The molecule has 1 N–H and O–H groups in total. The molecular weight excluding hydrogens is 500 g/mol. The average Bonchev–Trinajstić information content (AvgIpc) is 3.17. The SMILES string of the molecule is C=CC(=C)CC[C@]1(C)[C@H](C)C[C@H](O)[C@@]23C(=C[C@H](OC(=O)[C@H](C)CC)C[C@@H]12)[C@@H](OC(=O)CCC)O[C@H]3OC(C)=O. The van der Waals surface area contributed by atoms with Crippen LogP contribution in [0.1, 0.15) is 86.5 Å². The van der Waals surface area contributed by atoms with Crippen LogP contribution in [0.2, 0.25) is 0 Å². The van der Waals surface area contributed by atoms with Crippen molar-refractivity contribution in [3.63, 3.8) is 0 Å². The molecule has 1 spiro atoms. The lowest BCUT2D eigenvalue weighted by atomic mass is 9.45. The molecule has 2 fully saturated rings. The molecule has 0 aromatic rings. The van der Waals surface area contributed by atoms with Crippen molar-refractivity contribution in [2.75, 3.05) is 0 Å². The van der Waals surface area contributed by atoms with Crippen LogP contribution in [0, 0.1) is 28.6 Å². The molecule has 218 valence electrons. The summed E-state index contributed by atoms with van der Waals surface area (Å²) in [7, 11) is 0. The maximum atomic E-state index is 12.9. The minimum Gasteiger partial charge on any atom is -0.458 e. The Labute approximate surface area is 232 Å². The van der Waals surface area contributed by atoms with Crippen LogP contribution < -0.4 is 0 Å². The Kier molecular flexibility index (Phi) is 9.87. The Morgan fingerprint density at radius 2 is 1.90 bits per heavy atom. The number of carbonyl (C=O) groups is 3. The third kappa shape index (κ3) is 5.87. The summed E-state index contributed by atoms with van der Waals surface area (Å²) in [5, 5.41) is 11.8. The zero-order valence-electron chi connectivity index (χ0n) is 24.4. The summed E-state index contributed by atoms with van der Waals surface area (Å²) in [5.41, 5.74) is -0.153. The summed E-state index contributed by atoms with van der Waals surface area (Å²) in [6.07, 6.45) is 3.28. The monoisotopic (exact) mass is 546 g/mol. The van der Waals surface area contributed by atoms with E-state index < -0.39 is 47.6 Å². The first-order valence-corrected chi connectivity index (χ1v) is 14.3. The van der Waals surface area contributed by atoms with Gasteiger partial charge in [-0.15, -0.1) is 0 Å². The van der Waals surface area contributed by atoms with Crippen LogP contribution in [0.4, 0.5) is 0 Å². The Morgan fingerprint density at radius 1 is 1.21 bits per heavy atom. The lowest BCUT2D eigenvalue weighted by molar-refractivity contribution is -0.255. The zero-order valence-corrected chi connectivity index (χ0v) is 24.4.